The van der Waals surface area contributed by atoms with Crippen molar-refractivity contribution in [3.8, 4) is 0 Å². The van der Waals surface area contributed by atoms with Gasteiger partial charge in [-0.2, -0.15) is 0 Å². The number of carbonyl (C=O) groups is 2. The van der Waals surface area contributed by atoms with Gasteiger partial charge in [0.1, 0.15) is 5.54 Å². The van der Waals surface area contributed by atoms with Crippen molar-refractivity contribution in [3.63, 3.8) is 0 Å². The number of aliphatic hydroxyl groups excluding tert-OH is 1. The number of rotatable bonds is 5. The summed E-state index contributed by atoms with van der Waals surface area (Å²) in [6.07, 6.45) is 2.04. The Balaban J connectivity index is 2.00. The van der Waals surface area contributed by atoms with Crippen molar-refractivity contribution in [3.05, 3.63) is 12.7 Å². The lowest BCUT2D eigenvalue weighted by Gasteiger charge is -2.19. The summed E-state index contributed by atoms with van der Waals surface area (Å²) in [5.74, 6) is -0.762. The first-order chi connectivity index (χ1) is 9.03. The van der Waals surface area contributed by atoms with E-state index in [1.807, 2.05) is 0 Å². The van der Waals surface area contributed by atoms with Gasteiger partial charge in [-0.3, -0.25) is 4.79 Å². The van der Waals surface area contributed by atoms with Gasteiger partial charge in [-0.05, 0) is 19.8 Å². The zero-order valence-electron chi connectivity index (χ0n) is 11.0. The molecule has 1 aliphatic heterocycles. The van der Waals surface area contributed by atoms with Crippen molar-refractivity contribution in [1.29, 1.82) is 0 Å². The molecule has 0 aromatic carbocycles. The minimum Gasteiger partial charge on any atom is -0.464 e. The molecular formula is C13H20N2O4. The molecule has 1 aliphatic carbocycles. The molecule has 0 aromatic heterocycles. The molecule has 0 aromatic rings. The second kappa shape index (κ2) is 5.30. The lowest BCUT2D eigenvalue weighted by atomic mass is 10.1. The SMILES string of the molecule is C=CC1C[C@]1(NC(=O)[C@@H]1C[C@@H](O)CN1)C(=O)OCC. The number of ether oxygens (including phenoxy) is 1. The van der Waals surface area contributed by atoms with Crippen molar-refractivity contribution < 1.29 is 19.4 Å². The fourth-order valence-electron chi connectivity index (χ4n) is 2.49. The molecule has 2 aliphatic rings. The highest BCUT2D eigenvalue weighted by Gasteiger charge is 2.61. The van der Waals surface area contributed by atoms with Crippen molar-refractivity contribution in [1.82, 2.24) is 10.6 Å². The molecule has 0 bridgehead atoms. The normalized spacial score (nSPS) is 36.6. The molecule has 0 radical (unpaired) electrons. The van der Waals surface area contributed by atoms with E-state index < -0.39 is 23.7 Å². The standard InChI is InChI=1S/C13H20N2O4/c1-3-8-6-13(8,12(18)19-4-2)15-11(17)10-5-9(16)7-14-10/h3,8-10,14,16H,1,4-7H2,2H3,(H,15,17)/t8?,9-,10+,13-/m1/s1. The molecule has 1 amide bonds. The quantitative estimate of drug-likeness (QED) is 0.455. The Labute approximate surface area is 112 Å². The maximum Gasteiger partial charge on any atom is 0.332 e. The number of nitrogens with one attached hydrogen (secondary N) is 2. The minimum atomic E-state index is -0.954. The van der Waals surface area contributed by atoms with E-state index in [-0.39, 0.29) is 18.4 Å². The summed E-state index contributed by atoms with van der Waals surface area (Å²) in [6.45, 7) is 6.07. The second-order valence-corrected chi connectivity index (χ2v) is 5.08. The van der Waals surface area contributed by atoms with Crippen LogP contribution in [-0.4, -0.2) is 47.8 Å². The highest BCUT2D eigenvalue weighted by Crippen LogP contribution is 2.45. The molecule has 6 nitrogen and oxygen atoms in total. The molecule has 1 saturated carbocycles. The molecule has 19 heavy (non-hydrogen) atoms. The number of esters is 1. The Morgan fingerprint density at radius 2 is 2.37 bits per heavy atom. The van der Waals surface area contributed by atoms with Gasteiger partial charge >= 0.3 is 5.97 Å². The van der Waals surface area contributed by atoms with Gasteiger partial charge in [0, 0.05) is 12.5 Å². The summed E-state index contributed by atoms with van der Waals surface area (Å²) in [5, 5.41) is 15.1. The number of hydrogen-bond acceptors (Lipinski definition) is 5. The van der Waals surface area contributed by atoms with Gasteiger partial charge in [-0.25, -0.2) is 4.79 Å². The average Bonchev–Trinajstić information content (AvgIpc) is 2.92. The van der Waals surface area contributed by atoms with E-state index >= 15 is 0 Å². The van der Waals surface area contributed by atoms with Crippen LogP contribution in [0.2, 0.25) is 0 Å². The van der Waals surface area contributed by atoms with E-state index in [9.17, 15) is 14.7 Å². The molecule has 2 rings (SSSR count). The van der Waals surface area contributed by atoms with Crippen molar-refractivity contribution in [2.24, 2.45) is 5.92 Å². The lowest BCUT2D eigenvalue weighted by molar-refractivity contribution is -0.149. The minimum absolute atomic E-state index is 0.0816. The Kier molecular flexibility index (Phi) is 3.91. The third-order valence-electron chi connectivity index (χ3n) is 3.71. The highest BCUT2D eigenvalue weighted by molar-refractivity contribution is 5.93. The first kappa shape index (κ1) is 14.0. The molecule has 2 fully saturated rings. The van der Waals surface area contributed by atoms with Crippen molar-refractivity contribution >= 4 is 11.9 Å². The molecule has 6 heteroatoms. The van der Waals surface area contributed by atoms with Crippen LogP contribution in [0.1, 0.15) is 19.8 Å². The molecule has 0 spiro atoms. The topological polar surface area (TPSA) is 87.7 Å². The van der Waals surface area contributed by atoms with Gasteiger partial charge in [0.15, 0.2) is 0 Å². The molecule has 1 saturated heterocycles. The number of amides is 1. The summed E-state index contributed by atoms with van der Waals surface area (Å²) in [7, 11) is 0. The van der Waals surface area contributed by atoms with E-state index in [1.165, 1.54) is 0 Å². The Morgan fingerprint density at radius 3 is 2.84 bits per heavy atom. The Hall–Kier alpha value is -1.40. The predicted octanol–water partition coefficient (Wildman–Crippen LogP) is -0.667. The van der Waals surface area contributed by atoms with Gasteiger partial charge in [0.05, 0.1) is 18.8 Å². The van der Waals surface area contributed by atoms with E-state index in [0.29, 0.717) is 19.4 Å². The van der Waals surface area contributed by atoms with Crippen LogP contribution >= 0.6 is 0 Å². The largest absolute Gasteiger partial charge is 0.464 e. The average molecular weight is 268 g/mol. The van der Waals surface area contributed by atoms with Crippen LogP contribution in [0.25, 0.3) is 0 Å². The van der Waals surface area contributed by atoms with Gasteiger partial charge in [0.25, 0.3) is 0 Å². The van der Waals surface area contributed by atoms with E-state index in [0.717, 1.165) is 0 Å². The van der Waals surface area contributed by atoms with Gasteiger partial charge < -0.3 is 20.5 Å². The summed E-state index contributed by atoms with van der Waals surface area (Å²) >= 11 is 0. The summed E-state index contributed by atoms with van der Waals surface area (Å²) in [6, 6.07) is -0.452. The summed E-state index contributed by atoms with van der Waals surface area (Å²) in [5.41, 5.74) is -0.954. The van der Waals surface area contributed by atoms with Crippen molar-refractivity contribution in [2.45, 2.75) is 37.5 Å². The third kappa shape index (κ3) is 2.64. The van der Waals surface area contributed by atoms with Crippen LogP contribution in [0.4, 0.5) is 0 Å². The highest BCUT2D eigenvalue weighted by atomic mass is 16.5. The predicted molar refractivity (Wildman–Crippen MR) is 68.2 cm³/mol. The number of β-amino-alcohol motifs (C(OH)–C–C–N with tert-alkyl or cyclic N) is 1. The maximum atomic E-state index is 12.1. The first-order valence-corrected chi connectivity index (χ1v) is 6.56. The monoisotopic (exact) mass is 268 g/mol. The lowest BCUT2D eigenvalue weighted by Crippen LogP contribution is -2.51. The van der Waals surface area contributed by atoms with E-state index in [1.54, 1.807) is 13.0 Å². The molecule has 3 N–H and O–H groups in total. The van der Waals surface area contributed by atoms with Crippen LogP contribution in [0.15, 0.2) is 12.7 Å². The molecule has 106 valence electrons. The van der Waals surface area contributed by atoms with Gasteiger partial charge in [0.2, 0.25) is 5.91 Å². The second-order valence-electron chi connectivity index (χ2n) is 5.08. The number of carbonyl (C=O) groups excluding carboxylic acids is 2. The third-order valence-corrected chi connectivity index (χ3v) is 3.71. The Morgan fingerprint density at radius 1 is 1.63 bits per heavy atom. The number of hydrogen-bond donors (Lipinski definition) is 3. The molecular weight excluding hydrogens is 248 g/mol. The van der Waals surface area contributed by atoms with Gasteiger partial charge in [-0.1, -0.05) is 6.08 Å². The fourth-order valence-corrected chi connectivity index (χ4v) is 2.49. The maximum absolute atomic E-state index is 12.1. The van der Waals surface area contributed by atoms with Crippen LogP contribution in [0.3, 0.4) is 0 Å². The molecule has 4 atom stereocenters. The van der Waals surface area contributed by atoms with Crippen LogP contribution < -0.4 is 10.6 Å². The van der Waals surface area contributed by atoms with Crippen LogP contribution in [0, 0.1) is 5.92 Å². The van der Waals surface area contributed by atoms with Crippen LogP contribution in [0.5, 0.6) is 0 Å². The zero-order chi connectivity index (χ0) is 14.0. The zero-order valence-corrected chi connectivity index (χ0v) is 11.0. The summed E-state index contributed by atoms with van der Waals surface area (Å²) < 4.78 is 5.01. The molecule has 1 unspecified atom stereocenters. The van der Waals surface area contributed by atoms with E-state index in [2.05, 4.69) is 17.2 Å². The van der Waals surface area contributed by atoms with E-state index in [4.69, 9.17) is 4.74 Å². The van der Waals surface area contributed by atoms with Crippen LogP contribution in [-0.2, 0) is 14.3 Å². The fraction of sp³-hybridized carbons (Fsp3) is 0.692. The Bertz CT molecular complexity index is 398. The smallest absolute Gasteiger partial charge is 0.332 e. The number of aliphatic hydroxyl groups is 1. The molecule has 1 heterocycles. The van der Waals surface area contributed by atoms with Crippen molar-refractivity contribution in [2.75, 3.05) is 13.2 Å². The summed E-state index contributed by atoms with van der Waals surface area (Å²) in [4.78, 5) is 24.0. The van der Waals surface area contributed by atoms with Gasteiger partial charge in [-0.15, -0.1) is 6.58 Å². The first-order valence-electron chi connectivity index (χ1n) is 6.56.